The molecule has 5 nitrogen and oxygen atoms in total. The molecule has 1 aromatic carbocycles. The second-order valence-electron chi connectivity index (χ2n) is 7.15. The number of nitrogens with one attached hydrogen (secondary N) is 1. The lowest BCUT2D eigenvalue weighted by molar-refractivity contribution is -0.938. The Balaban J connectivity index is 1.57. The largest absolute Gasteiger partial charge is 0.497 e. The van der Waals surface area contributed by atoms with Gasteiger partial charge in [-0.2, -0.15) is 0 Å². The number of quaternary nitrogens is 1. The maximum absolute atomic E-state index is 12.4. The zero-order valence-electron chi connectivity index (χ0n) is 15.2. The van der Waals surface area contributed by atoms with Crippen molar-refractivity contribution in [2.24, 2.45) is 0 Å². The molecule has 4 rings (SSSR count). The maximum atomic E-state index is 12.4. The van der Waals surface area contributed by atoms with Crippen LogP contribution in [0.15, 0.2) is 53.5 Å². The van der Waals surface area contributed by atoms with E-state index in [2.05, 4.69) is 12.1 Å². The fourth-order valence-electron chi connectivity index (χ4n) is 3.43. The van der Waals surface area contributed by atoms with Crippen LogP contribution in [0.1, 0.15) is 29.7 Å². The third kappa shape index (κ3) is 3.63. The molecule has 0 saturated heterocycles. The van der Waals surface area contributed by atoms with Crippen molar-refractivity contribution < 1.29 is 9.64 Å². The van der Waals surface area contributed by atoms with Crippen LogP contribution in [0, 0.1) is 6.92 Å². The molecule has 134 valence electrons. The van der Waals surface area contributed by atoms with E-state index in [0.29, 0.717) is 6.04 Å². The highest BCUT2D eigenvalue weighted by Gasteiger charge is 2.33. The van der Waals surface area contributed by atoms with Crippen molar-refractivity contribution in [3.05, 3.63) is 75.8 Å². The Morgan fingerprint density at radius 1 is 1.15 bits per heavy atom. The molecule has 26 heavy (non-hydrogen) atoms. The van der Waals surface area contributed by atoms with Gasteiger partial charge in [-0.1, -0.05) is 6.07 Å². The van der Waals surface area contributed by atoms with Crippen molar-refractivity contribution in [2.75, 3.05) is 7.11 Å². The van der Waals surface area contributed by atoms with Gasteiger partial charge in [0.15, 0.2) is 0 Å². The molecule has 0 aliphatic heterocycles. The van der Waals surface area contributed by atoms with E-state index in [4.69, 9.17) is 9.72 Å². The number of hydrogen-bond donors (Lipinski definition) is 1. The van der Waals surface area contributed by atoms with Gasteiger partial charge < -0.3 is 9.64 Å². The van der Waals surface area contributed by atoms with Crippen molar-refractivity contribution in [1.82, 2.24) is 9.38 Å². The molecule has 0 amide bonds. The Kier molecular flexibility index (Phi) is 4.47. The summed E-state index contributed by atoms with van der Waals surface area (Å²) in [7, 11) is 1.68. The SMILES string of the molecule is COc1ccc(C[NH+](Cc2cc(=O)n3cc(C)ccc3n2)C2CC2)cc1. The molecule has 1 fully saturated rings. The molecule has 1 aliphatic rings. The second-order valence-corrected chi connectivity index (χ2v) is 7.15. The molecule has 0 radical (unpaired) electrons. The highest BCUT2D eigenvalue weighted by atomic mass is 16.5. The van der Waals surface area contributed by atoms with E-state index >= 15 is 0 Å². The van der Waals surface area contributed by atoms with E-state index in [1.807, 2.05) is 37.4 Å². The Hall–Kier alpha value is -2.66. The van der Waals surface area contributed by atoms with Gasteiger partial charge in [0.1, 0.15) is 30.2 Å². The molecule has 2 heterocycles. The summed E-state index contributed by atoms with van der Waals surface area (Å²) in [4.78, 5) is 18.6. The first-order valence-corrected chi connectivity index (χ1v) is 9.09. The van der Waals surface area contributed by atoms with Crippen LogP contribution in [-0.4, -0.2) is 22.5 Å². The van der Waals surface area contributed by atoms with Gasteiger partial charge in [-0.3, -0.25) is 9.20 Å². The molecule has 1 aliphatic carbocycles. The van der Waals surface area contributed by atoms with Crippen LogP contribution in [0.5, 0.6) is 5.75 Å². The monoisotopic (exact) mass is 350 g/mol. The van der Waals surface area contributed by atoms with Crippen LogP contribution in [0.25, 0.3) is 5.65 Å². The van der Waals surface area contributed by atoms with Crippen molar-refractivity contribution in [3.63, 3.8) is 0 Å². The van der Waals surface area contributed by atoms with Crippen molar-refractivity contribution in [1.29, 1.82) is 0 Å². The number of nitrogens with zero attached hydrogens (tertiary/aromatic N) is 2. The van der Waals surface area contributed by atoms with Gasteiger partial charge in [0.05, 0.1) is 13.2 Å². The number of aryl methyl sites for hydroxylation is 1. The third-order valence-electron chi connectivity index (χ3n) is 5.01. The topological polar surface area (TPSA) is 48.0 Å². The normalized spacial score (nSPS) is 15.2. The van der Waals surface area contributed by atoms with Gasteiger partial charge in [0.25, 0.3) is 5.56 Å². The maximum Gasteiger partial charge on any atom is 0.258 e. The van der Waals surface area contributed by atoms with Crippen LogP contribution in [0.4, 0.5) is 0 Å². The highest BCUT2D eigenvalue weighted by molar-refractivity contribution is 5.39. The Morgan fingerprint density at radius 3 is 2.62 bits per heavy atom. The second kappa shape index (κ2) is 6.92. The molecule has 0 bridgehead atoms. The summed E-state index contributed by atoms with van der Waals surface area (Å²) in [6, 6.07) is 14.5. The standard InChI is InChI=1S/C21H23N3O2/c1-15-3-10-20-22-17(11-21(25)24(20)12-15)14-23(18-6-7-18)13-16-4-8-19(26-2)9-5-16/h3-5,8-12,18H,6-7,13-14H2,1-2H3/p+1. The number of aromatic nitrogens is 2. The third-order valence-corrected chi connectivity index (χ3v) is 5.01. The molecule has 3 aromatic rings. The fourth-order valence-corrected chi connectivity index (χ4v) is 3.43. The van der Waals surface area contributed by atoms with E-state index in [1.165, 1.54) is 23.3 Å². The summed E-state index contributed by atoms with van der Waals surface area (Å²) in [5.74, 6) is 0.876. The first-order valence-electron chi connectivity index (χ1n) is 9.09. The minimum absolute atomic E-state index is 0.00621. The van der Waals surface area contributed by atoms with Crippen molar-refractivity contribution >= 4 is 5.65 Å². The van der Waals surface area contributed by atoms with Gasteiger partial charge in [0.2, 0.25) is 0 Å². The highest BCUT2D eigenvalue weighted by Crippen LogP contribution is 2.17. The average molecular weight is 350 g/mol. The zero-order chi connectivity index (χ0) is 18.1. The lowest BCUT2D eigenvalue weighted by Crippen LogP contribution is -3.10. The van der Waals surface area contributed by atoms with E-state index in [0.717, 1.165) is 35.7 Å². The molecule has 1 N–H and O–H groups in total. The first-order chi connectivity index (χ1) is 12.6. The summed E-state index contributed by atoms with van der Waals surface area (Å²) in [6.45, 7) is 3.69. The van der Waals surface area contributed by atoms with Gasteiger partial charge >= 0.3 is 0 Å². The number of methoxy groups -OCH3 is 1. The van der Waals surface area contributed by atoms with Gasteiger partial charge in [0, 0.05) is 30.7 Å². The summed E-state index contributed by atoms with van der Waals surface area (Å²) in [5, 5.41) is 0. The van der Waals surface area contributed by atoms with E-state index in [-0.39, 0.29) is 5.56 Å². The minimum Gasteiger partial charge on any atom is -0.497 e. The van der Waals surface area contributed by atoms with Crippen molar-refractivity contribution in [3.8, 4) is 5.75 Å². The summed E-state index contributed by atoms with van der Waals surface area (Å²) in [6.07, 6.45) is 4.34. The molecule has 5 heteroatoms. The molecule has 1 atom stereocenters. The van der Waals surface area contributed by atoms with Gasteiger partial charge in [-0.15, -0.1) is 0 Å². The van der Waals surface area contributed by atoms with Gasteiger partial charge in [-0.25, -0.2) is 4.98 Å². The fraction of sp³-hybridized carbons (Fsp3) is 0.333. The molecule has 0 spiro atoms. The predicted molar refractivity (Wildman–Crippen MR) is 101 cm³/mol. The lowest BCUT2D eigenvalue weighted by atomic mass is 10.2. The summed E-state index contributed by atoms with van der Waals surface area (Å²) < 4.78 is 6.86. The number of ether oxygens (including phenoxy) is 1. The van der Waals surface area contributed by atoms with Crippen LogP contribution < -0.4 is 15.2 Å². The smallest absolute Gasteiger partial charge is 0.258 e. The number of fused-ring (bicyclic) bond motifs is 1. The number of rotatable bonds is 6. The quantitative estimate of drug-likeness (QED) is 0.737. The zero-order valence-corrected chi connectivity index (χ0v) is 15.2. The van der Waals surface area contributed by atoms with Crippen LogP contribution in [0.3, 0.4) is 0 Å². The molecule has 1 saturated carbocycles. The van der Waals surface area contributed by atoms with E-state index in [9.17, 15) is 4.79 Å². The van der Waals surface area contributed by atoms with Crippen LogP contribution in [-0.2, 0) is 13.1 Å². The average Bonchev–Trinajstić information content (AvgIpc) is 3.48. The summed E-state index contributed by atoms with van der Waals surface area (Å²) >= 11 is 0. The predicted octanol–water partition coefficient (Wildman–Crippen LogP) is 1.76. The Morgan fingerprint density at radius 2 is 1.92 bits per heavy atom. The van der Waals surface area contributed by atoms with Crippen LogP contribution in [0.2, 0.25) is 0 Å². The van der Waals surface area contributed by atoms with E-state index < -0.39 is 0 Å². The number of benzene rings is 1. The minimum atomic E-state index is -0.00621. The number of pyridine rings is 1. The van der Waals surface area contributed by atoms with Crippen LogP contribution >= 0.6 is 0 Å². The van der Waals surface area contributed by atoms with E-state index in [1.54, 1.807) is 17.6 Å². The molecule has 1 unspecified atom stereocenters. The molecular weight excluding hydrogens is 326 g/mol. The van der Waals surface area contributed by atoms with Crippen molar-refractivity contribution in [2.45, 2.75) is 38.9 Å². The number of hydrogen-bond acceptors (Lipinski definition) is 3. The van der Waals surface area contributed by atoms with Gasteiger partial charge in [-0.05, 0) is 42.8 Å². The molecular formula is C21H24N3O2+. The Labute approximate surface area is 152 Å². The molecule has 2 aromatic heterocycles. The Bertz CT molecular complexity index is 975. The summed E-state index contributed by atoms with van der Waals surface area (Å²) in [5.41, 5.74) is 3.92. The first kappa shape index (κ1) is 16.8. The lowest BCUT2D eigenvalue weighted by Gasteiger charge is -2.19.